The van der Waals surface area contributed by atoms with Crippen LogP contribution in [-0.4, -0.2) is 10.2 Å². The third kappa shape index (κ3) is 5.62. The molecule has 17 heavy (non-hydrogen) atoms. The molecule has 0 saturated heterocycles. The van der Waals surface area contributed by atoms with Gasteiger partial charge in [-0.3, -0.25) is 0 Å². The summed E-state index contributed by atoms with van der Waals surface area (Å²) in [5, 5.41) is 18.9. The van der Waals surface area contributed by atoms with E-state index < -0.39 is 0 Å². The topological polar surface area (TPSA) is 40.5 Å². The Bertz CT molecular complexity index is 321. The van der Waals surface area contributed by atoms with Crippen LogP contribution >= 0.6 is 0 Å². The number of rotatable bonds is 8. The Hall–Kier alpha value is -1.18. The minimum absolute atomic E-state index is 0.237. The summed E-state index contributed by atoms with van der Waals surface area (Å²) < 4.78 is 0. The molecule has 0 fully saturated rings. The molecule has 2 nitrogen and oxygen atoms in total. The van der Waals surface area contributed by atoms with E-state index in [9.17, 15) is 10.2 Å². The van der Waals surface area contributed by atoms with Crippen molar-refractivity contribution in [1.82, 2.24) is 0 Å². The molecule has 0 aliphatic heterocycles. The van der Waals surface area contributed by atoms with Gasteiger partial charge in [0.05, 0.1) is 0 Å². The Labute approximate surface area is 104 Å². The molecule has 0 atom stereocenters. The molecule has 96 valence electrons. The number of phenols is 2. The van der Waals surface area contributed by atoms with Gasteiger partial charge < -0.3 is 10.2 Å². The monoisotopic (exact) mass is 236 g/mol. The fourth-order valence-electron chi connectivity index (χ4n) is 2.04. The zero-order valence-corrected chi connectivity index (χ0v) is 10.8. The predicted octanol–water partition coefficient (Wildman–Crippen LogP) is 4.39. The van der Waals surface area contributed by atoms with E-state index in [1.54, 1.807) is 12.1 Å². The summed E-state index contributed by atoms with van der Waals surface area (Å²) in [4.78, 5) is 0. The second-order valence-electron chi connectivity index (χ2n) is 4.68. The quantitative estimate of drug-likeness (QED) is 0.519. The summed E-state index contributed by atoms with van der Waals surface area (Å²) in [5.74, 6) is 0.537. The molecule has 0 bridgehead atoms. The highest BCUT2D eigenvalue weighted by molar-refractivity contribution is 5.38. The molecule has 0 aromatic heterocycles. The minimum atomic E-state index is 0.237. The van der Waals surface area contributed by atoms with Crippen molar-refractivity contribution >= 4 is 0 Å². The standard InChI is InChI=1S/C15H24O2/c1-2-3-4-5-6-7-8-9-13-12-14(16)10-11-15(13)17/h10-12,16-17H,2-9H2,1H3. The molecule has 1 rings (SSSR count). The maximum atomic E-state index is 9.60. The van der Waals surface area contributed by atoms with Crippen molar-refractivity contribution in [3.05, 3.63) is 23.8 Å². The zero-order valence-electron chi connectivity index (χ0n) is 10.8. The number of hydrogen-bond donors (Lipinski definition) is 2. The van der Waals surface area contributed by atoms with Crippen molar-refractivity contribution in [3.8, 4) is 11.5 Å². The molecule has 0 heterocycles. The van der Waals surface area contributed by atoms with E-state index in [2.05, 4.69) is 6.92 Å². The van der Waals surface area contributed by atoms with Crippen molar-refractivity contribution in [2.75, 3.05) is 0 Å². The summed E-state index contributed by atoms with van der Waals surface area (Å²) in [5.41, 5.74) is 0.860. The summed E-state index contributed by atoms with van der Waals surface area (Å²) >= 11 is 0. The third-order valence-electron chi connectivity index (χ3n) is 3.11. The number of benzene rings is 1. The SMILES string of the molecule is CCCCCCCCCc1cc(O)ccc1O. The lowest BCUT2D eigenvalue weighted by atomic mass is 10.0. The number of unbranched alkanes of at least 4 members (excludes halogenated alkanes) is 6. The van der Waals surface area contributed by atoms with Crippen LogP contribution in [0, 0.1) is 0 Å². The Balaban J connectivity index is 2.15. The van der Waals surface area contributed by atoms with E-state index in [4.69, 9.17) is 0 Å². The number of hydrogen-bond acceptors (Lipinski definition) is 2. The lowest BCUT2D eigenvalue weighted by Gasteiger charge is -2.05. The van der Waals surface area contributed by atoms with Crippen LogP contribution in [0.5, 0.6) is 11.5 Å². The molecule has 0 amide bonds. The zero-order chi connectivity index (χ0) is 12.5. The Morgan fingerprint density at radius 2 is 1.53 bits per heavy atom. The summed E-state index contributed by atoms with van der Waals surface area (Å²) in [7, 11) is 0. The Morgan fingerprint density at radius 3 is 2.24 bits per heavy atom. The van der Waals surface area contributed by atoms with Crippen LogP contribution in [0.3, 0.4) is 0 Å². The van der Waals surface area contributed by atoms with Crippen LogP contribution < -0.4 is 0 Å². The third-order valence-corrected chi connectivity index (χ3v) is 3.11. The first-order valence-corrected chi connectivity index (χ1v) is 6.75. The van der Waals surface area contributed by atoms with Crippen molar-refractivity contribution in [2.45, 2.75) is 58.3 Å². The summed E-state index contributed by atoms with van der Waals surface area (Å²) in [6.07, 6.45) is 9.72. The van der Waals surface area contributed by atoms with Gasteiger partial charge in [-0.2, -0.15) is 0 Å². The van der Waals surface area contributed by atoms with Gasteiger partial charge in [0.15, 0.2) is 0 Å². The van der Waals surface area contributed by atoms with Crippen LogP contribution in [-0.2, 0) is 6.42 Å². The fourth-order valence-corrected chi connectivity index (χ4v) is 2.04. The molecule has 2 heteroatoms. The first-order valence-electron chi connectivity index (χ1n) is 6.75. The van der Waals surface area contributed by atoms with E-state index in [-0.39, 0.29) is 5.75 Å². The maximum Gasteiger partial charge on any atom is 0.119 e. The van der Waals surface area contributed by atoms with Crippen LogP contribution in [0.2, 0.25) is 0 Å². The highest BCUT2D eigenvalue weighted by Gasteiger charge is 2.02. The number of phenolic OH excluding ortho intramolecular Hbond substituents is 2. The van der Waals surface area contributed by atoms with E-state index in [1.165, 1.54) is 44.6 Å². The molecule has 0 aliphatic carbocycles. The van der Waals surface area contributed by atoms with Crippen LogP contribution in [0.25, 0.3) is 0 Å². The summed E-state index contributed by atoms with van der Waals surface area (Å²) in [6, 6.07) is 4.74. The van der Waals surface area contributed by atoms with Gasteiger partial charge in [0.25, 0.3) is 0 Å². The molecular formula is C15H24O2. The van der Waals surface area contributed by atoms with Gasteiger partial charge in [-0.1, -0.05) is 45.4 Å². The van der Waals surface area contributed by atoms with E-state index in [1.807, 2.05) is 0 Å². The average molecular weight is 236 g/mol. The number of aryl methyl sites for hydroxylation is 1. The number of aromatic hydroxyl groups is 2. The average Bonchev–Trinajstić information content (AvgIpc) is 2.32. The molecule has 0 saturated carbocycles. The fraction of sp³-hybridized carbons (Fsp3) is 0.600. The van der Waals surface area contributed by atoms with Gasteiger partial charge in [0.2, 0.25) is 0 Å². The van der Waals surface area contributed by atoms with Gasteiger partial charge in [-0.25, -0.2) is 0 Å². The highest BCUT2D eigenvalue weighted by atomic mass is 16.3. The van der Waals surface area contributed by atoms with Gasteiger partial charge in [-0.15, -0.1) is 0 Å². The largest absolute Gasteiger partial charge is 0.508 e. The van der Waals surface area contributed by atoms with Gasteiger partial charge in [0.1, 0.15) is 11.5 Å². The molecule has 0 unspecified atom stereocenters. The van der Waals surface area contributed by atoms with Crippen molar-refractivity contribution in [3.63, 3.8) is 0 Å². The lowest BCUT2D eigenvalue weighted by molar-refractivity contribution is 0.452. The molecule has 0 spiro atoms. The molecule has 1 aromatic rings. The highest BCUT2D eigenvalue weighted by Crippen LogP contribution is 2.24. The predicted molar refractivity (Wildman–Crippen MR) is 71.5 cm³/mol. The van der Waals surface area contributed by atoms with Crippen LogP contribution in [0.1, 0.15) is 57.4 Å². The van der Waals surface area contributed by atoms with Crippen molar-refractivity contribution < 1.29 is 10.2 Å². The van der Waals surface area contributed by atoms with Gasteiger partial charge in [0, 0.05) is 0 Å². The van der Waals surface area contributed by atoms with Crippen molar-refractivity contribution in [1.29, 1.82) is 0 Å². The van der Waals surface area contributed by atoms with Gasteiger partial charge >= 0.3 is 0 Å². The van der Waals surface area contributed by atoms with Crippen LogP contribution in [0.4, 0.5) is 0 Å². The minimum Gasteiger partial charge on any atom is -0.508 e. The van der Waals surface area contributed by atoms with E-state index in [0.717, 1.165) is 18.4 Å². The second kappa shape index (κ2) is 7.99. The Kier molecular flexibility index (Phi) is 6.53. The second-order valence-corrected chi connectivity index (χ2v) is 4.68. The normalized spacial score (nSPS) is 10.6. The molecule has 2 N–H and O–H groups in total. The summed E-state index contributed by atoms with van der Waals surface area (Å²) in [6.45, 7) is 2.23. The van der Waals surface area contributed by atoms with Crippen LogP contribution in [0.15, 0.2) is 18.2 Å². The molecular weight excluding hydrogens is 212 g/mol. The Morgan fingerprint density at radius 1 is 0.882 bits per heavy atom. The first-order chi connectivity index (χ1) is 8.24. The lowest BCUT2D eigenvalue weighted by Crippen LogP contribution is -1.87. The molecule has 0 aliphatic rings. The molecule has 0 radical (unpaired) electrons. The molecule has 1 aromatic carbocycles. The van der Waals surface area contributed by atoms with Crippen molar-refractivity contribution in [2.24, 2.45) is 0 Å². The van der Waals surface area contributed by atoms with Gasteiger partial charge in [-0.05, 0) is 36.6 Å². The van der Waals surface area contributed by atoms with E-state index in [0.29, 0.717) is 5.75 Å². The maximum absolute atomic E-state index is 9.60. The smallest absolute Gasteiger partial charge is 0.119 e. The first kappa shape index (κ1) is 13.9. The van der Waals surface area contributed by atoms with E-state index >= 15 is 0 Å².